The number of nitrogens with one attached hydrogen (secondary N) is 2. The number of rotatable bonds is 4. The summed E-state index contributed by atoms with van der Waals surface area (Å²) in [4.78, 5) is 26.1. The van der Waals surface area contributed by atoms with Crippen molar-refractivity contribution in [3.8, 4) is 5.75 Å². The van der Waals surface area contributed by atoms with Gasteiger partial charge in [0.2, 0.25) is 5.91 Å². The highest BCUT2D eigenvalue weighted by Crippen LogP contribution is 2.28. The lowest BCUT2D eigenvalue weighted by molar-refractivity contribution is -0.121. The van der Waals surface area contributed by atoms with Gasteiger partial charge in [0, 0.05) is 30.7 Å². The van der Waals surface area contributed by atoms with Gasteiger partial charge in [0.25, 0.3) is 0 Å². The molecule has 0 atom stereocenters. The summed E-state index contributed by atoms with van der Waals surface area (Å²) in [6.07, 6.45) is 1.31. The average Bonchev–Trinajstić information content (AvgIpc) is 2.54. The number of nitrogens with zero attached hydrogens (tertiary/aromatic N) is 1. The van der Waals surface area contributed by atoms with Gasteiger partial charge in [-0.1, -0.05) is 11.6 Å². The molecule has 0 unspecified atom stereocenters. The van der Waals surface area contributed by atoms with E-state index in [9.17, 15) is 9.59 Å². The van der Waals surface area contributed by atoms with Crippen molar-refractivity contribution in [1.82, 2.24) is 10.2 Å². The van der Waals surface area contributed by atoms with E-state index in [1.807, 2.05) is 13.8 Å². The number of amides is 3. The van der Waals surface area contributed by atoms with Gasteiger partial charge in [-0.2, -0.15) is 0 Å². The topological polar surface area (TPSA) is 70.7 Å². The van der Waals surface area contributed by atoms with E-state index in [0.717, 1.165) is 0 Å². The largest absolute Gasteiger partial charge is 0.495 e. The molecule has 0 saturated carbocycles. The minimum atomic E-state index is -0.103. The number of ether oxygens (including phenoxy) is 1. The Hall–Kier alpha value is -1.95. The Labute approximate surface area is 147 Å². The van der Waals surface area contributed by atoms with Crippen molar-refractivity contribution in [2.24, 2.45) is 5.92 Å². The van der Waals surface area contributed by atoms with Gasteiger partial charge in [-0.3, -0.25) is 4.79 Å². The van der Waals surface area contributed by atoms with E-state index >= 15 is 0 Å². The van der Waals surface area contributed by atoms with Crippen LogP contribution in [0.2, 0.25) is 5.02 Å². The first-order valence-electron chi connectivity index (χ1n) is 8.10. The number of halogens is 1. The van der Waals surface area contributed by atoms with E-state index < -0.39 is 0 Å². The van der Waals surface area contributed by atoms with Crippen LogP contribution in [0.5, 0.6) is 5.75 Å². The Balaban J connectivity index is 1.86. The van der Waals surface area contributed by atoms with E-state index in [2.05, 4.69) is 10.6 Å². The van der Waals surface area contributed by atoms with E-state index in [4.69, 9.17) is 16.3 Å². The van der Waals surface area contributed by atoms with Crippen molar-refractivity contribution >= 4 is 29.2 Å². The highest BCUT2D eigenvalue weighted by atomic mass is 35.5. The Morgan fingerprint density at radius 2 is 1.96 bits per heavy atom. The highest BCUT2D eigenvalue weighted by molar-refractivity contribution is 6.32. The smallest absolute Gasteiger partial charge is 0.317 e. The lowest BCUT2D eigenvalue weighted by atomic mass is 9.96. The van der Waals surface area contributed by atoms with Crippen LogP contribution in [0.25, 0.3) is 0 Å². The SMILES string of the molecule is COc1ccc(NC(=O)C2CCN(C(=O)NC(C)C)CC2)cc1Cl. The molecule has 1 aromatic rings. The summed E-state index contributed by atoms with van der Waals surface area (Å²) in [6.45, 7) is 5.02. The van der Waals surface area contributed by atoms with Crippen LogP contribution in [0.4, 0.5) is 10.5 Å². The Morgan fingerprint density at radius 1 is 1.29 bits per heavy atom. The van der Waals surface area contributed by atoms with Crippen LogP contribution in [0, 0.1) is 5.92 Å². The molecule has 3 amide bonds. The van der Waals surface area contributed by atoms with Crippen molar-refractivity contribution in [3.63, 3.8) is 0 Å². The number of piperidine rings is 1. The monoisotopic (exact) mass is 353 g/mol. The predicted molar refractivity (Wildman–Crippen MR) is 94.6 cm³/mol. The molecule has 2 N–H and O–H groups in total. The van der Waals surface area contributed by atoms with Crippen LogP contribution in [-0.2, 0) is 4.79 Å². The Morgan fingerprint density at radius 3 is 2.50 bits per heavy atom. The molecule has 6 nitrogen and oxygen atoms in total. The summed E-state index contributed by atoms with van der Waals surface area (Å²) in [5, 5.41) is 6.21. The lowest BCUT2D eigenvalue weighted by Gasteiger charge is -2.32. The minimum Gasteiger partial charge on any atom is -0.495 e. The van der Waals surface area contributed by atoms with Crippen LogP contribution >= 0.6 is 11.6 Å². The normalized spacial score (nSPS) is 15.3. The van der Waals surface area contributed by atoms with Crippen molar-refractivity contribution in [3.05, 3.63) is 23.2 Å². The third-order valence-electron chi connectivity index (χ3n) is 3.98. The highest BCUT2D eigenvalue weighted by Gasteiger charge is 2.27. The van der Waals surface area contributed by atoms with E-state index in [-0.39, 0.29) is 23.9 Å². The van der Waals surface area contributed by atoms with Crippen molar-refractivity contribution in [2.75, 3.05) is 25.5 Å². The number of hydrogen-bond donors (Lipinski definition) is 2. The molecule has 1 fully saturated rings. The summed E-state index contributed by atoms with van der Waals surface area (Å²) < 4.78 is 5.09. The molecular formula is C17H24ClN3O3. The van der Waals surface area contributed by atoms with Crippen LogP contribution in [-0.4, -0.2) is 43.1 Å². The second kappa shape index (κ2) is 8.24. The first-order chi connectivity index (χ1) is 11.4. The van der Waals surface area contributed by atoms with E-state index in [1.54, 1.807) is 30.2 Å². The summed E-state index contributed by atoms with van der Waals surface area (Å²) >= 11 is 6.07. The number of methoxy groups -OCH3 is 1. The maximum atomic E-state index is 12.4. The molecule has 1 saturated heterocycles. The second-order valence-corrected chi connectivity index (χ2v) is 6.61. The number of benzene rings is 1. The first-order valence-corrected chi connectivity index (χ1v) is 8.48. The van der Waals surface area contributed by atoms with Gasteiger partial charge in [-0.25, -0.2) is 4.79 Å². The standard InChI is InChI=1S/C17H24ClN3O3/c1-11(2)19-17(23)21-8-6-12(7-9-21)16(22)20-13-4-5-15(24-3)14(18)10-13/h4-5,10-12H,6-9H2,1-3H3,(H,19,23)(H,20,22). The van der Waals surface area contributed by atoms with E-state index in [1.165, 1.54) is 0 Å². The summed E-state index contributed by atoms with van der Waals surface area (Å²) in [5.41, 5.74) is 0.644. The number of carbonyl (C=O) groups is 2. The molecule has 24 heavy (non-hydrogen) atoms. The molecule has 2 rings (SSSR count). The zero-order chi connectivity index (χ0) is 17.7. The molecule has 0 aromatic heterocycles. The molecule has 7 heteroatoms. The maximum absolute atomic E-state index is 12.4. The van der Waals surface area contributed by atoms with Gasteiger partial charge in [-0.15, -0.1) is 0 Å². The Kier molecular flexibility index (Phi) is 6.31. The molecule has 0 bridgehead atoms. The molecule has 132 valence electrons. The molecule has 1 aliphatic rings. The van der Waals surface area contributed by atoms with Gasteiger partial charge in [0.1, 0.15) is 5.75 Å². The fourth-order valence-electron chi connectivity index (χ4n) is 2.67. The first kappa shape index (κ1) is 18.4. The zero-order valence-electron chi connectivity index (χ0n) is 14.3. The van der Waals surface area contributed by atoms with Crippen molar-refractivity contribution < 1.29 is 14.3 Å². The third kappa shape index (κ3) is 4.77. The molecule has 0 radical (unpaired) electrons. The van der Waals surface area contributed by atoms with E-state index in [0.29, 0.717) is 42.4 Å². The number of hydrogen-bond acceptors (Lipinski definition) is 3. The minimum absolute atomic E-state index is 0.0415. The van der Waals surface area contributed by atoms with Gasteiger partial charge in [0.15, 0.2) is 0 Å². The van der Waals surface area contributed by atoms with Gasteiger partial charge in [-0.05, 0) is 44.9 Å². The summed E-state index contributed by atoms with van der Waals surface area (Å²) in [5.74, 6) is 0.424. The molecule has 0 spiro atoms. The lowest BCUT2D eigenvalue weighted by Crippen LogP contribution is -2.47. The Bertz CT molecular complexity index is 599. The predicted octanol–water partition coefficient (Wildman–Crippen LogP) is 3.12. The van der Waals surface area contributed by atoms with Gasteiger partial charge >= 0.3 is 6.03 Å². The van der Waals surface area contributed by atoms with Gasteiger partial charge < -0.3 is 20.3 Å². The van der Waals surface area contributed by atoms with Crippen LogP contribution in [0.3, 0.4) is 0 Å². The number of urea groups is 1. The quantitative estimate of drug-likeness (QED) is 0.873. The molecule has 1 aliphatic heterocycles. The number of likely N-dealkylation sites (tertiary alicyclic amines) is 1. The van der Waals surface area contributed by atoms with Crippen LogP contribution < -0.4 is 15.4 Å². The van der Waals surface area contributed by atoms with Crippen LogP contribution in [0.15, 0.2) is 18.2 Å². The summed E-state index contributed by atoms with van der Waals surface area (Å²) in [7, 11) is 1.54. The maximum Gasteiger partial charge on any atom is 0.317 e. The third-order valence-corrected chi connectivity index (χ3v) is 4.28. The molecule has 0 aliphatic carbocycles. The van der Waals surface area contributed by atoms with Gasteiger partial charge in [0.05, 0.1) is 12.1 Å². The number of anilines is 1. The number of carbonyl (C=O) groups excluding carboxylic acids is 2. The molecular weight excluding hydrogens is 330 g/mol. The zero-order valence-corrected chi connectivity index (χ0v) is 15.0. The molecule has 1 heterocycles. The summed E-state index contributed by atoms with van der Waals surface area (Å²) in [6, 6.07) is 5.19. The average molecular weight is 354 g/mol. The van der Waals surface area contributed by atoms with Crippen LogP contribution in [0.1, 0.15) is 26.7 Å². The fourth-order valence-corrected chi connectivity index (χ4v) is 2.93. The van der Waals surface area contributed by atoms with Crippen molar-refractivity contribution in [2.45, 2.75) is 32.7 Å². The molecule has 1 aromatic carbocycles. The van der Waals surface area contributed by atoms with Crippen molar-refractivity contribution in [1.29, 1.82) is 0 Å². The fraction of sp³-hybridized carbons (Fsp3) is 0.529. The second-order valence-electron chi connectivity index (χ2n) is 6.20.